The fraction of sp³-hybridized carbons (Fsp3) is 0.154. The maximum absolute atomic E-state index is 13.5. The number of aromatic nitrogens is 2. The van der Waals surface area contributed by atoms with Crippen molar-refractivity contribution in [2.24, 2.45) is 0 Å². The SMILES string of the molecule is CCNc1ccc(C(=O)Nc2cc(Br)c(F)cc2F)nn1. The third-order valence-corrected chi connectivity index (χ3v) is 3.12. The predicted octanol–water partition coefficient (Wildman–Crippen LogP) is 3.20. The monoisotopic (exact) mass is 356 g/mol. The summed E-state index contributed by atoms with van der Waals surface area (Å²) in [6.45, 7) is 2.58. The first-order valence-electron chi connectivity index (χ1n) is 6.04. The minimum atomic E-state index is -0.874. The summed E-state index contributed by atoms with van der Waals surface area (Å²) in [6, 6.07) is 4.86. The predicted molar refractivity (Wildman–Crippen MR) is 78.2 cm³/mol. The summed E-state index contributed by atoms with van der Waals surface area (Å²) < 4.78 is 26.7. The Labute approximate surface area is 127 Å². The number of hydrogen-bond acceptors (Lipinski definition) is 4. The number of carbonyl (C=O) groups is 1. The quantitative estimate of drug-likeness (QED) is 0.825. The number of nitrogens with one attached hydrogen (secondary N) is 2. The van der Waals surface area contributed by atoms with Crippen LogP contribution in [0.4, 0.5) is 20.3 Å². The smallest absolute Gasteiger partial charge is 0.276 e. The van der Waals surface area contributed by atoms with Gasteiger partial charge in [0, 0.05) is 12.6 Å². The van der Waals surface area contributed by atoms with Crippen LogP contribution in [0.3, 0.4) is 0 Å². The third kappa shape index (κ3) is 3.72. The van der Waals surface area contributed by atoms with Crippen LogP contribution in [-0.2, 0) is 0 Å². The maximum Gasteiger partial charge on any atom is 0.276 e. The molecule has 5 nitrogen and oxygen atoms in total. The van der Waals surface area contributed by atoms with Crippen LogP contribution in [0.1, 0.15) is 17.4 Å². The van der Waals surface area contributed by atoms with Crippen molar-refractivity contribution in [2.45, 2.75) is 6.92 Å². The first kappa shape index (κ1) is 15.3. The van der Waals surface area contributed by atoms with Gasteiger partial charge in [-0.15, -0.1) is 10.2 Å². The maximum atomic E-state index is 13.5. The second-order valence-corrected chi connectivity index (χ2v) is 4.89. The molecule has 1 heterocycles. The third-order valence-electron chi connectivity index (χ3n) is 2.51. The standard InChI is InChI=1S/C13H11BrF2N4O/c1-2-17-12-4-3-10(19-20-12)13(21)18-11-5-7(14)8(15)6-9(11)16/h3-6H,2H2,1H3,(H,17,20)(H,18,21). The number of amides is 1. The zero-order chi connectivity index (χ0) is 15.4. The molecule has 0 saturated heterocycles. The van der Waals surface area contributed by atoms with Gasteiger partial charge in [0.15, 0.2) is 5.69 Å². The lowest BCUT2D eigenvalue weighted by Gasteiger charge is -2.07. The van der Waals surface area contributed by atoms with E-state index in [1.807, 2.05) is 6.92 Å². The summed E-state index contributed by atoms with van der Waals surface area (Å²) in [4.78, 5) is 11.9. The molecule has 0 atom stereocenters. The van der Waals surface area contributed by atoms with Crippen molar-refractivity contribution < 1.29 is 13.6 Å². The zero-order valence-electron chi connectivity index (χ0n) is 11.0. The average Bonchev–Trinajstić information content (AvgIpc) is 2.46. The van der Waals surface area contributed by atoms with Crippen LogP contribution in [0.15, 0.2) is 28.7 Å². The molecule has 0 spiro atoms. The molecule has 0 radical (unpaired) electrons. The highest BCUT2D eigenvalue weighted by Gasteiger charge is 2.13. The Hall–Kier alpha value is -2.09. The number of anilines is 2. The molecule has 21 heavy (non-hydrogen) atoms. The van der Waals surface area contributed by atoms with E-state index >= 15 is 0 Å². The van der Waals surface area contributed by atoms with Gasteiger partial charge in [0.05, 0.1) is 10.2 Å². The number of hydrogen-bond donors (Lipinski definition) is 2. The molecule has 2 aromatic rings. The Bertz CT molecular complexity index is 664. The van der Waals surface area contributed by atoms with E-state index in [4.69, 9.17) is 0 Å². The summed E-state index contributed by atoms with van der Waals surface area (Å²) in [7, 11) is 0. The second-order valence-electron chi connectivity index (χ2n) is 4.03. The Balaban J connectivity index is 2.16. The van der Waals surface area contributed by atoms with E-state index in [-0.39, 0.29) is 15.9 Å². The normalized spacial score (nSPS) is 10.3. The van der Waals surface area contributed by atoms with Crippen molar-refractivity contribution in [3.8, 4) is 0 Å². The Morgan fingerprint density at radius 3 is 2.62 bits per heavy atom. The van der Waals surface area contributed by atoms with Crippen molar-refractivity contribution in [1.29, 1.82) is 0 Å². The van der Waals surface area contributed by atoms with Crippen LogP contribution >= 0.6 is 15.9 Å². The molecular weight excluding hydrogens is 346 g/mol. The molecule has 0 bridgehead atoms. The molecule has 110 valence electrons. The topological polar surface area (TPSA) is 66.9 Å². The van der Waals surface area contributed by atoms with Gasteiger partial charge in [-0.05, 0) is 41.1 Å². The molecule has 0 fully saturated rings. The van der Waals surface area contributed by atoms with E-state index in [1.165, 1.54) is 6.07 Å². The molecule has 0 aliphatic heterocycles. The first-order chi connectivity index (χ1) is 10.0. The Morgan fingerprint density at radius 1 is 1.24 bits per heavy atom. The molecule has 1 aromatic carbocycles. The van der Waals surface area contributed by atoms with Gasteiger partial charge in [-0.2, -0.15) is 0 Å². The van der Waals surface area contributed by atoms with Gasteiger partial charge >= 0.3 is 0 Å². The summed E-state index contributed by atoms with van der Waals surface area (Å²) in [5, 5.41) is 12.8. The number of halogens is 3. The largest absolute Gasteiger partial charge is 0.369 e. The summed E-state index contributed by atoms with van der Waals surface area (Å²) in [5.74, 6) is -1.73. The van der Waals surface area contributed by atoms with Crippen molar-refractivity contribution in [2.75, 3.05) is 17.2 Å². The molecule has 8 heteroatoms. The van der Waals surface area contributed by atoms with Gasteiger partial charge in [-0.25, -0.2) is 8.78 Å². The summed E-state index contributed by atoms with van der Waals surface area (Å²) in [6.07, 6.45) is 0. The zero-order valence-corrected chi connectivity index (χ0v) is 12.5. The molecule has 2 N–H and O–H groups in total. The number of carbonyl (C=O) groups excluding carboxylic acids is 1. The molecule has 0 aliphatic rings. The highest BCUT2D eigenvalue weighted by atomic mass is 79.9. The highest BCUT2D eigenvalue weighted by Crippen LogP contribution is 2.24. The van der Waals surface area contributed by atoms with Gasteiger partial charge in [-0.3, -0.25) is 4.79 Å². The van der Waals surface area contributed by atoms with Crippen LogP contribution in [-0.4, -0.2) is 22.6 Å². The van der Waals surface area contributed by atoms with Gasteiger partial charge in [0.2, 0.25) is 0 Å². The number of nitrogens with zero attached hydrogens (tertiary/aromatic N) is 2. The van der Waals surface area contributed by atoms with E-state index < -0.39 is 17.5 Å². The summed E-state index contributed by atoms with van der Waals surface area (Å²) in [5.41, 5.74) is -0.123. The van der Waals surface area contributed by atoms with Crippen molar-refractivity contribution >= 4 is 33.3 Å². The van der Waals surface area contributed by atoms with Gasteiger partial charge < -0.3 is 10.6 Å². The summed E-state index contributed by atoms with van der Waals surface area (Å²) >= 11 is 2.92. The lowest BCUT2D eigenvalue weighted by molar-refractivity contribution is 0.102. The first-order valence-corrected chi connectivity index (χ1v) is 6.84. The van der Waals surface area contributed by atoms with E-state index in [0.717, 1.165) is 6.07 Å². The van der Waals surface area contributed by atoms with Crippen molar-refractivity contribution in [1.82, 2.24) is 10.2 Å². The highest BCUT2D eigenvalue weighted by molar-refractivity contribution is 9.10. The molecule has 0 aliphatic carbocycles. The van der Waals surface area contributed by atoms with Gasteiger partial charge in [0.25, 0.3) is 5.91 Å². The molecular formula is C13H11BrF2N4O. The fourth-order valence-corrected chi connectivity index (χ4v) is 1.88. The van der Waals surface area contributed by atoms with E-state index in [1.54, 1.807) is 6.07 Å². The van der Waals surface area contributed by atoms with Crippen LogP contribution in [0, 0.1) is 11.6 Å². The molecule has 2 rings (SSSR count). The van der Waals surface area contributed by atoms with Gasteiger partial charge in [0.1, 0.15) is 17.5 Å². The minimum absolute atomic E-state index is 0.0245. The Kier molecular flexibility index (Phi) is 4.79. The number of benzene rings is 1. The Morgan fingerprint density at radius 2 is 2.00 bits per heavy atom. The van der Waals surface area contributed by atoms with E-state index in [9.17, 15) is 13.6 Å². The van der Waals surface area contributed by atoms with Crippen LogP contribution in [0.5, 0.6) is 0 Å². The van der Waals surface area contributed by atoms with Crippen LogP contribution < -0.4 is 10.6 Å². The molecule has 0 unspecified atom stereocenters. The van der Waals surface area contributed by atoms with Crippen molar-refractivity contribution in [3.63, 3.8) is 0 Å². The van der Waals surface area contributed by atoms with E-state index in [0.29, 0.717) is 18.4 Å². The molecule has 1 aromatic heterocycles. The van der Waals surface area contributed by atoms with E-state index in [2.05, 4.69) is 36.8 Å². The average molecular weight is 357 g/mol. The van der Waals surface area contributed by atoms with Gasteiger partial charge in [-0.1, -0.05) is 0 Å². The van der Waals surface area contributed by atoms with Crippen LogP contribution in [0.25, 0.3) is 0 Å². The lowest BCUT2D eigenvalue weighted by atomic mass is 10.2. The van der Waals surface area contributed by atoms with Crippen molar-refractivity contribution in [3.05, 3.63) is 46.1 Å². The minimum Gasteiger partial charge on any atom is -0.369 e. The second kappa shape index (κ2) is 6.57. The number of rotatable bonds is 4. The lowest BCUT2D eigenvalue weighted by Crippen LogP contribution is -2.16. The molecule has 1 amide bonds. The van der Waals surface area contributed by atoms with Crippen LogP contribution in [0.2, 0.25) is 0 Å². The molecule has 0 saturated carbocycles. The fourth-order valence-electron chi connectivity index (χ4n) is 1.53.